The fourth-order valence-corrected chi connectivity index (χ4v) is 4.27. The Morgan fingerprint density at radius 1 is 0.649 bits per heavy atom. The minimum Gasteiger partial charge on any atom is -0.458 e. The van der Waals surface area contributed by atoms with Gasteiger partial charge in [-0.15, -0.1) is 0 Å². The number of aliphatic hydroxyl groups is 1. The average Bonchev–Trinajstić information content (AvgIpc) is 2.89. The van der Waals surface area contributed by atoms with E-state index in [-0.39, 0.29) is 19.2 Å². The molecule has 0 amide bonds. The van der Waals surface area contributed by atoms with Crippen LogP contribution in [-0.4, -0.2) is 37.0 Å². The van der Waals surface area contributed by atoms with Crippen molar-refractivity contribution in [2.45, 2.75) is 148 Å². The summed E-state index contributed by atoms with van der Waals surface area (Å²) in [7, 11) is 0. The van der Waals surface area contributed by atoms with E-state index >= 15 is 0 Å². The predicted molar refractivity (Wildman–Crippen MR) is 159 cm³/mol. The maximum Gasteiger partial charge on any atom is 0.303 e. The Morgan fingerprint density at radius 3 is 1.54 bits per heavy atom. The largest absolute Gasteiger partial charge is 0.458 e. The van der Waals surface area contributed by atoms with Gasteiger partial charge in [-0.1, -0.05) is 127 Å². The highest BCUT2D eigenvalue weighted by molar-refractivity contribution is 5.66. The lowest BCUT2D eigenvalue weighted by atomic mass is 10.1. The SMILES string of the molecule is CCCCCCC/C=C\C/C=C\C/C=C\CCCCCCCCCCCCCOCC(CO)OC(C)=O. The van der Waals surface area contributed by atoms with E-state index in [2.05, 4.69) is 43.4 Å². The monoisotopic (exact) mass is 520 g/mol. The van der Waals surface area contributed by atoms with Crippen LogP contribution in [0.4, 0.5) is 0 Å². The number of ether oxygens (including phenoxy) is 2. The van der Waals surface area contributed by atoms with E-state index in [1.807, 2.05) is 0 Å². The van der Waals surface area contributed by atoms with E-state index in [4.69, 9.17) is 14.6 Å². The second kappa shape index (κ2) is 30.8. The van der Waals surface area contributed by atoms with Gasteiger partial charge in [0.15, 0.2) is 0 Å². The molecule has 0 aromatic carbocycles. The van der Waals surface area contributed by atoms with Crippen LogP contribution in [0.2, 0.25) is 0 Å². The van der Waals surface area contributed by atoms with Crippen LogP contribution < -0.4 is 0 Å². The summed E-state index contributed by atoms with van der Waals surface area (Å²) < 4.78 is 10.4. The second-order valence-electron chi connectivity index (χ2n) is 10.3. The molecule has 0 aliphatic rings. The Labute approximate surface area is 230 Å². The van der Waals surface area contributed by atoms with E-state index < -0.39 is 6.10 Å². The van der Waals surface area contributed by atoms with E-state index in [9.17, 15) is 4.79 Å². The fourth-order valence-electron chi connectivity index (χ4n) is 4.27. The minimum atomic E-state index is -0.534. The van der Waals surface area contributed by atoms with Gasteiger partial charge in [0, 0.05) is 13.5 Å². The molecule has 1 N–H and O–H groups in total. The highest BCUT2D eigenvalue weighted by atomic mass is 16.6. The molecule has 0 saturated heterocycles. The zero-order valence-corrected chi connectivity index (χ0v) is 24.5. The Hall–Kier alpha value is -1.39. The number of allylic oxidation sites excluding steroid dienone is 6. The molecule has 0 aromatic heterocycles. The molecule has 0 aliphatic heterocycles. The normalized spacial score (nSPS) is 12.8. The Balaban J connectivity index is 3.27. The quantitative estimate of drug-likeness (QED) is 0.0634. The lowest BCUT2D eigenvalue weighted by Crippen LogP contribution is -2.26. The molecule has 0 aliphatic carbocycles. The van der Waals surface area contributed by atoms with Gasteiger partial charge in [-0.25, -0.2) is 0 Å². The van der Waals surface area contributed by atoms with Crippen molar-refractivity contribution >= 4 is 5.97 Å². The summed E-state index contributed by atoms with van der Waals surface area (Å²) in [5.41, 5.74) is 0. The molecule has 4 nitrogen and oxygen atoms in total. The number of carbonyl (C=O) groups is 1. The first kappa shape index (κ1) is 35.6. The molecule has 0 saturated carbocycles. The van der Waals surface area contributed by atoms with Crippen LogP contribution in [-0.2, 0) is 14.3 Å². The van der Waals surface area contributed by atoms with E-state index in [1.165, 1.54) is 116 Å². The van der Waals surface area contributed by atoms with Crippen LogP contribution >= 0.6 is 0 Å². The Bertz CT molecular complexity index is 553. The molecule has 0 radical (unpaired) electrons. The Kier molecular flexibility index (Phi) is 29.7. The van der Waals surface area contributed by atoms with Crippen molar-refractivity contribution in [2.75, 3.05) is 19.8 Å². The van der Waals surface area contributed by atoms with Crippen LogP contribution in [0.3, 0.4) is 0 Å². The molecule has 0 rings (SSSR count). The van der Waals surface area contributed by atoms with E-state index in [0.717, 1.165) is 19.3 Å². The molecule has 4 heteroatoms. The molecule has 0 heterocycles. The number of unbranched alkanes of at least 4 members (excludes halogenated alkanes) is 16. The van der Waals surface area contributed by atoms with Gasteiger partial charge in [-0.2, -0.15) is 0 Å². The molecule has 216 valence electrons. The van der Waals surface area contributed by atoms with Crippen LogP contribution in [0.5, 0.6) is 0 Å². The van der Waals surface area contributed by atoms with Gasteiger partial charge in [0.05, 0.1) is 13.2 Å². The highest BCUT2D eigenvalue weighted by Crippen LogP contribution is 2.12. The first-order valence-corrected chi connectivity index (χ1v) is 15.5. The zero-order chi connectivity index (χ0) is 27.1. The number of carbonyl (C=O) groups excluding carboxylic acids is 1. The Morgan fingerprint density at radius 2 is 1.08 bits per heavy atom. The van der Waals surface area contributed by atoms with Crippen LogP contribution in [0, 0.1) is 0 Å². The standard InChI is InChI=1S/C33H60O4/c1-3-4-5-6-7-8-9-10-11-12-13-14-15-16-17-18-19-20-21-22-23-24-25-26-27-28-29-36-31-33(30-34)37-32(2)35/h9-10,12-13,15-16,33-34H,3-8,11,14,17-31H2,1-2H3/b10-9-,13-12-,16-15-. The van der Waals surface area contributed by atoms with Crippen LogP contribution in [0.15, 0.2) is 36.5 Å². The van der Waals surface area contributed by atoms with Crippen LogP contribution in [0.25, 0.3) is 0 Å². The zero-order valence-electron chi connectivity index (χ0n) is 24.5. The number of hydrogen-bond acceptors (Lipinski definition) is 4. The van der Waals surface area contributed by atoms with E-state index in [1.54, 1.807) is 0 Å². The highest BCUT2D eigenvalue weighted by Gasteiger charge is 2.10. The first-order chi connectivity index (χ1) is 18.2. The maximum atomic E-state index is 10.9. The summed E-state index contributed by atoms with van der Waals surface area (Å²) in [4.78, 5) is 10.9. The molecule has 0 spiro atoms. The number of aliphatic hydroxyl groups excluding tert-OH is 1. The third kappa shape index (κ3) is 30.7. The lowest BCUT2D eigenvalue weighted by Gasteiger charge is -2.14. The van der Waals surface area contributed by atoms with Gasteiger partial charge in [-0.3, -0.25) is 4.79 Å². The van der Waals surface area contributed by atoms with Gasteiger partial charge in [0.1, 0.15) is 6.10 Å². The summed E-state index contributed by atoms with van der Waals surface area (Å²) >= 11 is 0. The van der Waals surface area contributed by atoms with Crippen molar-refractivity contribution in [3.63, 3.8) is 0 Å². The summed E-state index contributed by atoms with van der Waals surface area (Å²) in [5, 5.41) is 9.11. The van der Waals surface area contributed by atoms with Crippen molar-refractivity contribution < 1.29 is 19.4 Å². The van der Waals surface area contributed by atoms with Crippen molar-refractivity contribution in [1.82, 2.24) is 0 Å². The first-order valence-electron chi connectivity index (χ1n) is 15.5. The predicted octanol–water partition coefficient (Wildman–Crippen LogP) is 9.42. The number of rotatable bonds is 28. The number of esters is 1. The molecule has 0 aromatic rings. The van der Waals surface area contributed by atoms with Gasteiger partial charge in [0.2, 0.25) is 0 Å². The maximum absolute atomic E-state index is 10.9. The van der Waals surface area contributed by atoms with Crippen molar-refractivity contribution in [1.29, 1.82) is 0 Å². The lowest BCUT2D eigenvalue weighted by molar-refractivity contribution is -0.152. The molecular formula is C33H60O4. The molecule has 1 unspecified atom stereocenters. The third-order valence-corrected chi connectivity index (χ3v) is 6.52. The fraction of sp³-hybridized carbons (Fsp3) is 0.788. The van der Waals surface area contributed by atoms with Gasteiger partial charge in [0.25, 0.3) is 0 Å². The second-order valence-corrected chi connectivity index (χ2v) is 10.3. The molecule has 1 atom stereocenters. The molecule has 37 heavy (non-hydrogen) atoms. The molecular weight excluding hydrogens is 460 g/mol. The summed E-state index contributed by atoms with van der Waals surface area (Å²) in [5.74, 6) is -0.378. The van der Waals surface area contributed by atoms with Crippen LogP contribution in [0.1, 0.15) is 142 Å². The molecule has 0 bridgehead atoms. The smallest absolute Gasteiger partial charge is 0.303 e. The molecule has 0 fully saturated rings. The van der Waals surface area contributed by atoms with Gasteiger partial charge >= 0.3 is 5.97 Å². The van der Waals surface area contributed by atoms with E-state index in [0.29, 0.717) is 6.61 Å². The van der Waals surface area contributed by atoms with Crippen molar-refractivity contribution in [3.05, 3.63) is 36.5 Å². The summed E-state index contributed by atoms with van der Waals surface area (Å²) in [6.45, 7) is 4.37. The number of hydrogen-bond donors (Lipinski definition) is 1. The summed E-state index contributed by atoms with van der Waals surface area (Å²) in [6, 6.07) is 0. The van der Waals surface area contributed by atoms with Crippen molar-refractivity contribution in [3.8, 4) is 0 Å². The van der Waals surface area contributed by atoms with Crippen molar-refractivity contribution in [2.24, 2.45) is 0 Å². The van der Waals surface area contributed by atoms with Gasteiger partial charge < -0.3 is 14.6 Å². The average molecular weight is 521 g/mol. The third-order valence-electron chi connectivity index (χ3n) is 6.52. The van der Waals surface area contributed by atoms with Gasteiger partial charge in [-0.05, 0) is 44.9 Å². The summed E-state index contributed by atoms with van der Waals surface area (Å²) in [6.07, 6.45) is 39.1. The minimum absolute atomic E-state index is 0.188. The topological polar surface area (TPSA) is 55.8 Å².